The summed E-state index contributed by atoms with van der Waals surface area (Å²) >= 11 is 0. The Hall–Kier alpha value is -1.57. The van der Waals surface area contributed by atoms with Crippen molar-refractivity contribution >= 4 is 5.69 Å². The summed E-state index contributed by atoms with van der Waals surface area (Å²) in [6.07, 6.45) is 6.16. The number of allylic oxidation sites excluding steroid dienone is 2. The van der Waals surface area contributed by atoms with Gasteiger partial charge < -0.3 is 4.90 Å². The number of benzene rings is 1. The quantitative estimate of drug-likeness (QED) is 0.656. The monoisotopic (exact) mass is 189 g/mol. The van der Waals surface area contributed by atoms with Crippen LogP contribution in [0, 0.1) is 5.82 Å². The van der Waals surface area contributed by atoms with Gasteiger partial charge in [-0.05, 0) is 30.7 Å². The maximum absolute atomic E-state index is 13.0. The smallest absolute Gasteiger partial charge is 0.125 e. The van der Waals surface area contributed by atoms with E-state index in [0.717, 1.165) is 12.2 Å². The van der Waals surface area contributed by atoms with Crippen LogP contribution in [0.4, 0.5) is 10.1 Å². The molecule has 0 aromatic heterocycles. The highest BCUT2D eigenvalue weighted by Gasteiger charge is 2.05. The molecule has 14 heavy (non-hydrogen) atoms. The lowest BCUT2D eigenvalue weighted by molar-refractivity contribution is 0.627. The second-order valence-electron chi connectivity index (χ2n) is 3.41. The van der Waals surface area contributed by atoms with E-state index < -0.39 is 0 Å². The van der Waals surface area contributed by atoms with Crippen molar-refractivity contribution in [2.75, 3.05) is 11.4 Å². The van der Waals surface area contributed by atoms with Crippen molar-refractivity contribution in [1.82, 2.24) is 0 Å². The first-order valence-corrected chi connectivity index (χ1v) is 4.63. The fourth-order valence-electron chi connectivity index (χ4n) is 1.53. The van der Waals surface area contributed by atoms with Gasteiger partial charge in [0.2, 0.25) is 0 Å². The summed E-state index contributed by atoms with van der Waals surface area (Å²) in [5.41, 5.74) is 2.08. The lowest BCUT2D eigenvalue weighted by Crippen LogP contribution is -2.18. The van der Waals surface area contributed by atoms with Crippen molar-refractivity contribution in [1.29, 1.82) is 0 Å². The van der Waals surface area contributed by atoms with E-state index >= 15 is 0 Å². The van der Waals surface area contributed by atoms with Crippen LogP contribution in [-0.2, 0) is 0 Å². The first-order valence-electron chi connectivity index (χ1n) is 4.63. The highest BCUT2D eigenvalue weighted by molar-refractivity contribution is 5.52. The Morgan fingerprint density at radius 2 is 2.21 bits per heavy atom. The molecule has 2 rings (SSSR count). The molecule has 0 spiro atoms. The fourth-order valence-corrected chi connectivity index (χ4v) is 1.53. The fraction of sp³-hybridized carbons (Fsp3) is 0.167. The van der Waals surface area contributed by atoms with Gasteiger partial charge in [-0.25, -0.2) is 4.39 Å². The predicted octanol–water partition coefficient (Wildman–Crippen LogP) is 3.11. The SMILES string of the molecule is CC1=CN(c2cccc(F)c2)CC=C1. The van der Waals surface area contributed by atoms with Crippen molar-refractivity contribution in [3.63, 3.8) is 0 Å². The molecule has 2 heteroatoms. The molecule has 1 heterocycles. The van der Waals surface area contributed by atoms with Crippen LogP contribution >= 0.6 is 0 Å². The lowest BCUT2D eigenvalue weighted by Gasteiger charge is -2.22. The molecule has 0 aliphatic carbocycles. The number of rotatable bonds is 1. The molecule has 0 radical (unpaired) electrons. The Morgan fingerprint density at radius 3 is 2.93 bits per heavy atom. The second-order valence-corrected chi connectivity index (χ2v) is 3.41. The summed E-state index contributed by atoms with van der Waals surface area (Å²) < 4.78 is 13.0. The van der Waals surface area contributed by atoms with Crippen LogP contribution in [0.1, 0.15) is 6.92 Å². The second kappa shape index (κ2) is 3.66. The van der Waals surface area contributed by atoms with Crippen LogP contribution in [0.2, 0.25) is 0 Å². The van der Waals surface area contributed by atoms with Gasteiger partial charge >= 0.3 is 0 Å². The van der Waals surface area contributed by atoms with Gasteiger partial charge in [0.1, 0.15) is 5.82 Å². The summed E-state index contributed by atoms with van der Waals surface area (Å²) in [7, 11) is 0. The molecule has 1 aromatic rings. The molecule has 1 aromatic carbocycles. The molecule has 1 aliphatic heterocycles. The predicted molar refractivity (Wildman–Crippen MR) is 56.6 cm³/mol. The van der Waals surface area contributed by atoms with Gasteiger partial charge in [-0.3, -0.25) is 0 Å². The van der Waals surface area contributed by atoms with Crippen molar-refractivity contribution < 1.29 is 4.39 Å². The van der Waals surface area contributed by atoms with Crippen molar-refractivity contribution in [3.8, 4) is 0 Å². The Balaban J connectivity index is 2.28. The number of anilines is 1. The number of nitrogens with zero attached hydrogens (tertiary/aromatic N) is 1. The van der Waals surface area contributed by atoms with Crippen molar-refractivity contribution in [2.24, 2.45) is 0 Å². The zero-order valence-corrected chi connectivity index (χ0v) is 8.07. The van der Waals surface area contributed by atoms with E-state index in [0.29, 0.717) is 0 Å². The standard InChI is InChI=1S/C12H12FN/c1-10-4-3-7-14(9-10)12-6-2-5-11(13)8-12/h2-6,8-9H,7H2,1H3. The third-order valence-corrected chi connectivity index (χ3v) is 2.18. The molecule has 72 valence electrons. The zero-order chi connectivity index (χ0) is 9.97. The van der Waals surface area contributed by atoms with E-state index in [1.54, 1.807) is 12.1 Å². The van der Waals surface area contributed by atoms with Crippen LogP contribution in [0.15, 0.2) is 48.2 Å². The number of hydrogen-bond acceptors (Lipinski definition) is 1. The maximum Gasteiger partial charge on any atom is 0.125 e. The van der Waals surface area contributed by atoms with E-state index in [-0.39, 0.29) is 5.82 Å². The van der Waals surface area contributed by atoms with Crippen molar-refractivity contribution in [2.45, 2.75) is 6.92 Å². The Bertz CT molecular complexity index is 393. The van der Waals surface area contributed by atoms with Crippen molar-refractivity contribution in [3.05, 3.63) is 54.0 Å². The van der Waals surface area contributed by atoms with E-state index in [1.807, 2.05) is 24.1 Å². The van der Waals surface area contributed by atoms with E-state index in [2.05, 4.69) is 12.2 Å². The molecule has 0 unspecified atom stereocenters. The minimum atomic E-state index is -0.192. The molecule has 0 amide bonds. The third kappa shape index (κ3) is 1.84. The topological polar surface area (TPSA) is 3.24 Å². The first kappa shape index (κ1) is 9.00. The molecule has 0 saturated heterocycles. The van der Waals surface area contributed by atoms with Crippen LogP contribution in [0.3, 0.4) is 0 Å². The molecule has 0 atom stereocenters. The Morgan fingerprint density at radius 1 is 1.36 bits per heavy atom. The average Bonchev–Trinajstić information content (AvgIpc) is 2.18. The maximum atomic E-state index is 13.0. The van der Waals surface area contributed by atoms with Gasteiger partial charge in [0.25, 0.3) is 0 Å². The molecule has 1 nitrogen and oxygen atoms in total. The number of halogens is 1. The number of hydrogen-bond donors (Lipinski definition) is 0. The molecular formula is C12H12FN. The molecule has 0 bridgehead atoms. The lowest BCUT2D eigenvalue weighted by atomic mass is 10.2. The zero-order valence-electron chi connectivity index (χ0n) is 8.07. The van der Waals surface area contributed by atoms with Crippen LogP contribution < -0.4 is 4.90 Å². The Labute approximate surface area is 83.2 Å². The van der Waals surface area contributed by atoms with Gasteiger partial charge in [0.15, 0.2) is 0 Å². The summed E-state index contributed by atoms with van der Waals surface area (Å²) in [6.45, 7) is 2.84. The summed E-state index contributed by atoms with van der Waals surface area (Å²) in [6, 6.07) is 6.64. The molecule has 0 fully saturated rings. The average molecular weight is 189 g/mol. The first-order chi connectivity index (χ1) is 6.75. The Kier molecular flexibility index (Phi) is 2.35. The summed E-state index contributed by atoms with van der Waals surface area (Å²) in [5.74, 6) is -0.192. The van der Waals surface area contributed by atoms with Crippen LogP contribution in [0.5, 0.6) is 0 Å². The summed E-state index contributed by atoms with van der Waals surface area (Å²) in [5, 5.41) is 0. The van der Waals surface area contributed by atoms with Gasteiger partial charge in [-0.15, -0.1) is 0 Å². The minimum Gasteiger partial charge on any atom is -0.344 e. The molecule has 0 saturated carbocycles. The minimum absolute atomic E-state index is 0.192. The summed E-state index contributed by atoms with van der Waals surface area (Å²) in [4.78, 5) is 2.03. The van der Waals surface area contributed by atoms with Gasteiger partial charge in [0, 0.05) is 18.4 Å². The largest absolute Gasteiger partial charge is 0.344 e. The van der Waals surface area contributed by atoms with E-state index in [9.17, 15) is 4.39 Å². The normalized spacial score (nSPS) is 15.6. The molecule has 1 aliphatic rings. The van der Waals surface area contributed by atoms with Gasteiger partial charge in [-0.2, -0.15) is 0 Å². The molecular weight excluding hydrogens is 177 g/mol. The van der Waals surface area contributed by atoms with E-state index in [1.165, 1.54) is 11.6 Å². The van der Waals surface area contributed by atoms with Gasteiger partial charge in [-0.1, -0.05) is 18.2 Å². The van der Waals surface area contributed by atoms with Gasteiger partial charge in [0.05, 0.1) is 0 Å². The molecule has 0 N–H and O–H groups in total. The van der Waals surface area contributed by atoms with Crippen LogP contribution in [0.25, 0.3) is 0 Å². The van der Waals surface area contributed by atoms with E-state index in [4.69, 9.17) is 0 Å². The highest BCUT2D eigenvalue weighted by Crippen LogP contribution is 2.19. The van der Waals surface area contributed by atoms with Crippen LogP contribution in [-0.4, -0.2) is 6.54 Å². The highest BCUT2D eigenvalue weighted by atomic mass is 19.1. The third-order valence-electron chi connectivity index (χ3n) is 2.18.